The highest BCUT2D eigenvalue weighted by Crippen LogP contribution is 2.41. The highest BCUT2D eigenvalue weighted by Gasteiger charge is 2.28. The van der Waals surface area contributed by atoms with Crippen molar-refractivity contribution >= 4 is 35.6 Å². The van der Waals surface area contributed by atoms with Gasteiger partial charge in [0.05, 0.1) is 6.54 Å². The number of rotatable bonds is 12. The average Bonchev–Trinajstić information content (AvgIpc) is 3.73. The maximum absolute atomic E-state index is 5.21. The van der Waals surface area contributed by atoms with Gasteiger partial charge in [-0.3, -0.25) is 4.99 Å². The second-order valence-electron chi connectivity index (χ2n) is 15.7. The van der Waals surface area contributed by atoms with Crippen molar-refractivity contribution in [3.05, 3.63) is 269 Å². The van der Waals surface area contributed by atoms with Crippen molar-refractivity contribution in [3.63, 3.8) is 0 Å². The number of nitrogens with zero attached hydrogens (tertiary/aromatic N) is 3. The Morgan fingerprint density at radius 2 is 1.27 bits per heavy atom. The molecular weight excluding hydrogens is 765 g/mol. The molecule has 1 atom stereocenters. The van der Waals surface area contributed by atoms with Crippen LogP contribution >= 0.6 is 0 Å². The van der Waals surface area contributed by atoms with Crippen LogP contribution < -0.4 is 5.32 Å². The quantitative estimate of drug-likeness (QED) is 0.0746. The molecule has 1 unspecified atom stereocenters. The summed E-state index contributed by atoms with van der Waals surface area (Å²) in [7, 11) is 0. The summed E-state index contributed by atoms with van der Waals surface area (Å²) < 4.78 is 0. The van der Waals surface area contributed by atoms with E-state index in [-0.39, 0.29) is 6.04 Å². The molecule has 0 aliphatic heterocycles. The molecule has 0 saturated heterocycles. The van der Waals surface area contributed by atoms with Gasteiger partial charge in [0.2, 0.25) is 0 Å². The van der Waals surface area contributed by atoms with Gasteiger partial charge in [0.1, 0.15) is 0 Å². The molecule has 9 rings (SSSR count). The first-order valence-electron chi connectivity index (χ1n) is 21.5. The standard InChI is InChI=1S/C59H48N4/c1-60-59(63-58(62-42-44-17-6-2-7-18-44)52-27-14-25-50(39-52)47-23-12-5-13-24-47)56-29-15-26-51-40-53-41-54(36-37-55(53)57(51)56)61-38-16-28-48(45-19-8-3-9-20-45)33-30-43-31-34-49(35-32-43)46-21-10-4-11-22-46/h2-39,54,61H,1,40-42H2/b33-30-,38-16+,48-28+,62-58-,63-59-. The van der Waals surface area contributed by atoms with Gasteiger partial charge in [0, 0.05) is 17.2 Å². The van der Waals surface area contributed by atoms with E-state index in [1.54, 1.807) is 0 Å². The zero-order chi connectivity index (χ0) is 42.6. The maximum atomic E-state index is 5.21. The fourth-order valence-corrected chi connectivity index (χ4v) is 8.30. The molecule has 0 heterocycles. The monoisotopic (exact) mass is 812 g/mol. The maximum Gasteiger partial charge on any atom is 0.161 e. The Labute approximate surface area is 371 Å². The van der Waals surface area contributed by atoms with E-state index >= 15 is 0 Å². The normalized spacial score (nSPS) is 15.2. The minimum Gasteiger partial charge on any atom is -0.384 e. The van der Waals surface area contributed by atoms with Gasteiger partial charge in [0.15, 0.2) is 11.7 Å². The lowest BCUT2D eigenvalue weighted by molar-refractivity contribution is 0.680. The van der Waals surface area contributed by atoms with Crippen LogP contribution in [0.4, 0.5) is 0 Å². The lowest BCUT2D eigenvalue weighted by Gasteiger charge is -2.20. The zero-order valence-corrected chi connectivity index (χ0v) is 35.2. The lowest BCUT2D eigenvalue weighted by atomic mass is 9.92. The van der Waals surface area contributed by atoms with Crippen LogP contribution in [0.3, 0.4) is 0 Å². The first-order chi connectivity index (χ1) is 31.2. The van der Waals surface area contributed by atoms with Gasteiger partial charge in [-0.15, -0.1) is 0 Å². The number of hydrogen-bond acceptors (Lipinski definition) is 2. The first-order valence-corrected chi connectivity index (χ1v) is 21.5. The number of allylic oxidation sites excluding steroid dienone is 6. The Morgan fingerprint density at radius 3 is 2.00 bits per heavy atom. The van der Waals surface area contributed by atoms with Crippen LogP contribution in [-0.4, -0.2) is 24.4 Å². The summed E-state index contributed by atoms with van der Waals surface area (Å²) in [6, 6.07) is 65.5. The van der Waals surface area contributed by atoms with E-state index < -0.39 is 0 Å². The molecule has 7 aromatic carbocycles. The third-order valence-corrected chi connectivity index (χ3v) is 11.5. The second-order valence-corrected chi connectivity index (χ2v) is 15.7. The summed E-state index contributed by atoms with van der Waals surface area (Å²) in [6.07, 6.45) is 17.0. The number of fused-ring (bicyclic) bond motifs is 2. The molecule has 0 amide bonds. The van der Waals surface area contributed by atoms with Gasteiger partial charge < -0.3 is 5.32 Å². The largest absolute Gasteiger partial charge is 0.384 e. The summed E-state index contributed by atoms with van der Waals surface area (Å²) >= 11 is 0. The molecule has 2 aliphatic rings. The van der Waals surface area contributed by atoms with Gasteiger partial charge in [-0.05, 0) is 99.1 Å². The van der Waals surface area contributed by atoms with Crippen LogP contribution in [0, 0.1) is 0 Å². The van der Waals surface area contributed by atoms with Gasteiger partial charge in [-0.2, -0.15) is 0 Å². The molecule has 4 nitrogen and oxygen atoms in total. The van der Waals surface area contributed by atoms with E-state index in [0.717, 1.165) is 51.8 Å². The van der Waals surface area contributed by atoms with Gasteiger partial charge in [0.25, 0.3) is 0 Å². The van der Waals surface area contributed by atoms with Crippen LogP contribution in [0.2, 0.25) is 0 Å². The predicted molar refractivity (Wildman–Crippen MR) is 267 cm³/mol. The van der Waals surface area contributed by atoms with Crippen LogP contribution in [-0.2, 0) is 13.0 Å². The topological polar surface area (TPSA) is 49.1 Å². The minimum atomic E-state index is 0.171. The van der Waals surface area contributed by atoms with Gasteiger partial charge in [-0.25, -0.2) is 9.98 Å². The molecule has 0 aromatic heterocycles. The van der Waals surface area contributed by atoms with Crippen molar-refractivity contribution in [1.82, 2.24) is 5.32 Å². The number of aliphatic imine (C=N–C) groups is 3. The summed E-state index contributed by atoms with van der Waals surface area (Å²) in [5, 5.41) is 3.66. The van der Waals surface area contributed by atoms with Crippen molar-refractivity contribution < 1.29 is 0 Å². The Kier molecular flexibility index (Phi) is 12.6. The number of benzene rings is 7. The lowest BCUT2D eigenvalue weighted by Crippen LogP contribution is -2.24. The van der Waals surface area contributed by atoms with Crippen LogP contribution in [0.25, 0.3) is 39.5 Å². The molecule has 0 radical (unpaired) electrons. The number of hydrogen-bond donors (Lipinski definition) is 1. The van der Waals surface area contributed by atoms with Crippen molar-refractivity contribution in [2.24, 2.45) is 15.0 Å². The van der Waals surface area contributed by atoms with E-state index in [1.165, 1.54) is 39.0 Å². The summed E-state index contributed by atoms with van der Waals surface area (Å²) in [5.41, 5.74) is 16.3. The third-order valence-electron chi connectivity index (χ3n) is 11.5. The van der Waals surface area contributed by atoms with E-state index in [4.69, 9.17) is 9.98 Å². The summed E-state index contributed by atoms with van der Waals surface area (Å²) in [5.74, 6) is 1.19. The van der Waals surface area contributed by atoms with Crippen molar-refractivity contribution in [2.45, 2.75) is 25.4 Å². The molecule has 0 saturated carbocycles. The van der Waals surface area contributed by atoms with E-state index in [9.17, 15) is 0 Å². The second kappa shape index (κ2) is 19.6. The molecule has 2 aliphatic carbocycles. The third kappa shape index (κ3) is 9.83. The molecule has 0 fully saturated rings. The zero-order valence-electron chi connectivity index (χ0n) is 35.2. The highest BCUT2D eigenvalue weighted by molar-refractivity contribution is 6.15. The van der Waals surface area contributed by atoms with Crippen LogP contribution in [0.1, 0.15) is 45.4 Å². The van der Waals surface area contributed by atoms with E-state index in [0.29, 0.717) is 18.2 Å². The Bertz CT molecular complexity index is 2920. The Morgan fingerprint density at radius 1 is 0.635 bits per heavy atom. The first kappa shape index (κ1) is 40.5. The van der Waals surface area contributed by atoms with Gasteiger partial charge in [-0.1, -0.05) is 218 Å². The molecule has 0 spiro atoms. The molecular formula is C59H48N4. The van der Waals surface area contributed by atoms with E-state index in [1.807, 2.05) is 30.3 Å². The van der Waals surface area contributed by atoms with Crippen molar-refractivity contribution in [2.75, 3.05) is 0 Å². The predicted octanol–water partition coefficient (Wildman–Crippen LogP) is 13.7. The fourth-order valence-electron chi connectivity index (χ4n) is 8.30. The number of nitrogens with one attached hydrogen (secondary N) is 1. The molecule has 304 valence electrons. The average molecular weight is 813 g/mol. The highest BCUT2D eigenvalue weighted by atomic mass is 15.0. The number of amidine groups is 2. The SMILES string of the molecule is C=N/C(=N\C(=N/Cc1ccccc1)c1cccc(-c2ccccc2)c1)c1cccc2c1C1=C(C2)CC(N/C=C/C=C(\C=C/c2ccc(-c3ccccc3)cc2)c2ccccc2)C=C1. The molecule has 0 bridgehead atoms. The van der Waals surface area contributed by atoms with Crippen LogP contribution in [0.15, 0.2) is 245 Å². The minimum absolute atomic E-state index is 0.171. The van der Waals surface area contributed by atoms with Crippen molar-refractivity contribution in [1.29, 1.82) is 0 Å². The molecule has 1 N–H and O–H groups in total. The van der Waals surface area contributed by atoms with Gasteiger partial charge >= 0.3 is 0 Å². The van der Waals surface area contributed by atoms with Crippen LogP contribution in [0.5, 0.6) is 0 Å². The Balaban J connectivity index is 0.934. The van der Waals surface area contributed by atoms with Crippen molar-refractivity contribution in [3.8, 4) is 22.3 Å². The smallest absolute Gasteiger partial charge is 0.161 e. The molecule has 7 aromatic rings. The summed E-state index contributed by atoms with van der Waals surface area (Å²) in [6.45, 7) is 4.52. The molecule has 63 heavy (non-hydrogen) atoms. The Hall–Kier alpha value is -7.95. The molecule has 4 heteroatoms. The fraction of sp³-hybridized carbons (Fsp3) is 0.0678. The van der Waals surface area contributed by atoms with E-state index in [2.05, 4.69) is 217 Å². The summed E-state index contributed by atoms with van der Waals surface area (Å²) in [4.78, 5) is 14.9.